The predicted octanol–water partition coefficient (Wildman–Crippen LogP) is 4.15. The molecular formula is C18H19NO. The van der Waals surface area contributed by atoms with Crippen molar-refractivity contribution in [1.82, 2.24) is 5.32 Å². The summed E-state index contributed by atoms with van der Waals surface area (Å²) in [6.07, 6.45) is 7.00. The highest BCUT2D eigenvalue weighted by Crippen LogP contribution is 2.20. The SMILES string of the molecule is C/C=C/C=C\C(=O)N[C@@H](C)c1ccc2ccccc2c1. The third-order valence-electron chi connectivity index (χ3n) is 3.18. The smallest absolute Gasteiger partial charge is 0.244 e. The first-order valence-electron chi connectivity index (χ1n) is 6.79. The number of nitrogens with one attached hydrogen (secondary N) is 1. The zero-order valence-corrected chi connectivity index (χ0v) is 11.8. The molecule has 0 aliphatic carbocycles. The van der Waals surface area contributed by atoms with E-state index >= 15 is 0 Å². The van der Waals surface area contributed by atoms with Crippen molar-refractivity contribution < 1.29 is 4.79 Å². The summed E-state index contributed by atoms with van der Waals surface area (Å²) in [6.45, 7) is 3.91. The van der Waals surface area contributed by atoms with Crippen LogP contribution in [0.3, 0.4) is 0 Å². The van der Waals surface area contributed by atoms with E-state index in [1.54, 1.807) is 6.08 Å². The van der Waals surface area contributed by atoms with Crippen LogP contribution in [0.5, 0.6) is 0 Å². The molecule has 2 aromatic rings. The molecule has 0 saturated carbocycles. The Bertz CT molecular complexity index is 655. The second-order valence-electron chi connectivity index (χ2n) is 4.72. The van der Waals surface area contributed by atoms with Gasteiger partial charge in [-0.05, 0) is 36.2 Å². The summed E-state index contributed by atoms with van der Waals surface area (Å²) in [6, 6.07) is 14.5. The number of carbonyl (C=O) groups excluding carboxylic acids is 1. The van der Waals surface area contributed by atoms with E-state index in [0.29, 0.717) is 0 Å². The zero-order chi connectivity index (χ0) is 14.4. The number of benzene rings is 2. The lowest BCUT2D eigenvalue weighted by molar-refractivity contribution is -0.117. The lowest BCUT2D eigenvalue weighted by atomic mass is 10.0. The highest BCUT2D eigenvalue weighted by atomic mass is 16.1. The van der Waals surface area contributed by atoms with Crippen molar-refractivity contribution >= 4 is 16.7 Å². The van der Waals surface area contributed by atoms with Gasteiger partial charge in [0.1, 0.15) is 0 Å². The number of hydrogen-bond donors (Lipinski definition) is 1. The molecular weight excluding hydrogens is 246 g/mol. The summed E-state index contributed by atoms with van der Waals surface area (Å²) < 4.78 is 0. The van der Waals surface area contributed by atoms with Crippen molar-refractivity contribution in [2.24, 2.45) is 0 Å². The molecule has 0 aromatic heterocycles. The lowest BCUT2D eigenvalue weighted by Gasteiger charge is -2.13. The van der Waals surface area contributed by atoms with Gasteiger partial charge in [-0.2, -0.15) is 0 Å². The minimum atomic E-state index is -0.0799. The van der Waals surface area contributed by atoms with Gasteiger partial charge >= 0.3 is 0 Å². The van der Waals surface area contributed by atoms with E-state index < -0.39 is 0 Å². The molecule has 0 spiro atoms. The number of amides is 1. The minimum Gasteiger partial charge on any atom is -0.346 e. The summed E-state index contributed by atoms with van der Waals surface area (Å²) in [5, 5.41) is 5.36. The molecule has 2 rings (SSSR count). The van der Waals surface area contributed by atoms with Gasteiger partial charge in [0.15, 0.2) is 0 Å². The monoisotopic (exact) mass is 265 g/mol. The average molecular weight is 265 g/mol. The molecule has 1 N–H and O–H groups in total. The van der Waals surface area contributed by atoms with Crippen LogP contribution in [0.4, 0.5) is 0 Å². The van der Waals surface area contributed by atoms with Crippen LogP contribution in [0.2, 0.25) is 0 Å². The van der Waals surface area contributed by atoms with Gasteiger partial charge in [-0.25, -0.2) is 0 Å². The van der Waals surface area contributed by atoms with Gasteiger partial charge in [-0.1, -0.05) is 54.6 Å². The van der Waals surface area contributed by atoms with E-state index in [0.717, 1.165) is 5.56 Å². The Morgan fingerprint density at radius 1 is 1.10 bits per heavy atom. The summed E-state index contributed by atoms with van der Waals surface area (Å²) in [5.41, 5.74) is 1.11. The van der Waals surface area contributed by atoms with E-state index in [4.69, 9.17) is 0 Å². The number of fused-ring (bicyclic) bond motifs is 1. The van der Waals surface area contributed by atoms with E-state index in [-0.39, 0.29) is 11.9 Å². The molecule has 0 radical (unpaired) electrons. The van der Waals surface area contributed by atoms with Crippen LogP contribution in [0.25, 0.3) is 10.8 Å². The topological polar surface area (TPSA) is 29.1 Å². The Balaban J connectivity index is 2.11. The standard InChI is InChI=1S/C18H19NO/c1-3-4-5-10-18(20)19-14(2)16-12-11-15-8-6-7-9-17(15)13-16/h3-14H,1-2H3,(H,19,20)/b4-3+,10-5-/t14-/m0/s1. The molecule has 0 unspecified atom stereocenters. The Labute approximate surface area is 119 Å². The van der Waals surface area contributed by atoms with Gasteiger partial charge < -0.3 is 5.32 Å². The first kappa shape index (κ1) is 14.1. The average Bonchev–Trinajstić information content (AvgIpc) is 2.47. The van der Waals surface area contributed by atoms with Crippen LogP contribution in [-0.4, -0.2) is 5.91 Å². The number of hydrogen-bond acceptors (Lipinski definition) is 1. The maximum Gasteiger partial charge on any atom is 0.244 e. The number of rotatable bonds is 4. The molecule has 0 saturated heterocycles. The fraction of sp³-hybridized carbons (Fsp3) is 0.167. The lowest BCUT2D eigenvalue weighted by Crippen LogP contribution is -2.24. The molecule has 0 fully saturated rings. The van der Waals surface area contributed by atoms with Crippen LogP contribution >= 0.6 is 0 Å². The van der Waals surface area contributed by atoms with Crippen molar-refractivity contribution in [2.75, 3.05) is 0 Å². The molecule has 0 bridgehead atoms. The molecule has 20 heavy (non-hydrogen) atoms. The van der Waals surface area contributed by atoms with Gasteiger partial charge in [-0.15, -0.1) is 0 Å². The Morgan fingerprint density at radius 2 is 1.85 bits per heavy atom. The fourth-order valence-electron chi connectivity index (χ4n) is 2.08. The fourth-order valence-corrected chi connectivity index (χ4v) is 2.08. The van der Waals surface area contributed by atoms with Crippen LogP contribution in [0, 0.1) is 0 Å². The Kier molecular flexibility index (Phi) is 4.72. The molecule has 102 valence electrons. The predicted molar refractivity (Wildman–Crippen MR) is 84.5 cm³/mol. The maximum atomic E-state index is 11.7. The van der Waals surface area contributed by atoms with Gasteiger partial charge in [0.25, 0.3) is 0 Å². The Morgan fingerprint density at radius 3 is 2.60 bits per heavy atom. The molecule has 0 heterocycles. The molecule has 0 aliphatic rings. The molecule has 0 aliphatic heterocycles. The van der Waals surface area contributed by atoms with Crippen LogP contribution in [0.15, 0.2) is 66.8 Å². The second kappa shape index (κ2) is 6.71. The van der Waals surface area contributed by atoms with Crippen molar-refractivity contribution in [3.8, 4) is 0 Å². The molecule has 2 nitrogen and oxygen atoms in total. The van der Waals surface area contributed by atoms with Crippen LogP contribution in [-0.2, 0) is 4.79 Å². The number of allylic oxidation sites excluding steroid dienone is 3. The van der Waals surface area contributed by atoms with E-state index in [1.165, 1.54) is 16.8 Å². The van der Waals surface area contributed by atoms with Gasteiger partial charge in [0.05, 0.1) is 6.04 Å². The third kappa shape index (κ3) is 3.58. The molecule has 1 atom stereocenters. The summed E-state index contributed by atoms with van der Waals surface area (Å²) in [4.78, 5) is 11.7. The summed E-state index contributed by atoms with van der Waals surface area (Å²) >= 11 is 0. The van der Waals surface area contributed by atoms with Crippen molar-refractivity contribution in [3.05, 3.63) is 72.3 Å². The van der Waals surface area contributed by atoms with Gasteiger partial charge in [0.2, 0.25) is 5.91 Å². The zero-order valence-electron chi connectivity index (χ0n) is 11.8. The summed E-state index contributed by atoms with van der Waals surface area (Å²) in [5.74, 6) is -0.0799. The highest BCUT2D eigenvalue weighted by Gasteiger charge is 2.07. The molecule has 2 aromatic carbocycles. The summed E-state index contributed by atoms with van der Waals surface area (Å²) in [7, 11) is 0. The van der Waals surface area contributed by atoms with Gasteiger partial charge in [0, 0.05) is 6.08 Å². The number of carbonyl (C=O) groups is 1. The van der Waals surface area contributed by atoms with Crippen LogP contribution in [0.1, 0.15) is 25.5 Å². The minimum absolute atomic E-state index is 0.0117. The molecule has 2 heteroatoms. The molecule has 1 amide bonds. The van der Waals surface area contributed by atoms with E-state index in [9.17, 15) is 4.79 Å². The van der Waals surface area contributed by atoms with E-state index in [2.05, 4.69) is 35.6 Å². The Hall–Kier alpha value is -2.35. The maximum absolute atomic E-state index is 11.7. The third-order valence-corrected chi connectivity index (χ3v) is 3.18. The van der Waals surface area contributed by atoms with Crippen LogP contribution < -0.4 is 5.32 Å². The second-order valence-corrected chi connectivity index (χ2v) is 4.72. The normalized spacial score (nSPS) is 13.1. The quantitative estimate of drug-likeness (QED) is 0.653. The van der Waals surface area contributed by atoms with Crippen molar-refractivity contribution in [1.29, 1.82) is 0 Å². The highest BCUT2D eigenvalue weighted by molar-refractivity contribution is 5.88. The van der Waals surface area contributed by atoms with Crippen molar-refractivity contribution in [2.45, 2.75) is 19.9 Å². The van der Waals surface area contributed by atoms with E-state index in [1.807, 2.05) is 38.1 Å². The van der Waals surface area contributed by atoms with Gasteiger partial charge in [-0.3, -0.25) is 4.79 Å². The first-order chi connectivity index (χ1) is 9.70. The first-order valence-corrected chi connectivity index (χ1v) is 6.79. The largest absolute Gasteiger partial charge is 0.346 e. The van der Waals surface area contributed by atoms with Crippen molar-refractivity contribution in [3.63, 3.8) is 0 Å².